The van der Waals surface area contributed by atoms with Gasteiger partial charge >= 0.3 is 35.9 Å². The third kappa shape index (κ3) is 29.5. The SMILES string of the molecule is CC(Cc1ccccc1)NC(=O)CC(C)(C)C(C)(C)NC(=O)CCC(NC(=O)NC(CCC(=O)O)C(=O)O)C(=O)O.Cc1ccccc1.NC(CNC(=O)CNC=O)C(=O)NC(CC(=O)O)C(=O)N[C@@H](CS)C(=O)O. The van der Waals surface area contributed by atoms with Gasteiger partial charge in [0.1, 0.15) is 30.2 Å². The van der Waals surface area contributed by atoms with E-state index in [-0.39, 0.29) is 50.1 Å². The maximum atomic E-state index is 12.8. The zero-order chi connectivity index (χ0) is 57.5. The number of benzene rings is 2. The zero-order valence-electron chi connectivity index (χ0n) is 42.5. The molecule has 0 bridgehead atoms. The molecule has 6 atom stereocenters. The molecule has 0 spiro atoms. The number of hydrogen-bond acceptors (Lipinski definition) is 14. The molecule has 0 aliphatic rings. The number of rotatable bonds is 30. The predicted octanol–water partition coefficient (Wildman–Crippen LogP) is -0.475. The molecule has 0 radical (unpaired) electrons. The second-order valence-electron chi connectivity index (χ2n) is 18.1. The zero-order valence-corrected chi connectivity index (χ0v) is 43.4. The number of aliphatic carboxylic acids is 5. The molecule has 0 aliphatic carbocycles. The minimum atomic E-state index is -1.59. The largest absolute Gasteiger partial charge is 0.481 e. The van der Waals surface area contributed by atoms with Crippen molar-refractivity contribution >= 4 is 84.5 Å². The van der Waals surface area contributed by atoms with Gasteiger partial charge in [0, 0.05) is 43.1 Å². The fraction of sp³-hybridized carbons (Fsp3) is 0.500. The summed E-state index contributed by atoms with van der Waals surface area (Å²) in [6.45, 7) is 10.5. The fourth-order valence-electron chi connectivity index (χ4n) is 6.13. The molecule has 0 fully saturated rings. The molecule has 5 unspecified atom stereocenters. The molecule has 26 nitrogen and oxygen atoms in total. The molecular formula is C48H71N9O17S. The Bertz CT molecular complexity index is 2240. The number of carboxylic acids is 5. The molecular weight excluding hydrogens is 1010 g/mol. The van der Waals surface area contributed by atoms with Crippen LogP contribution in [0.1, 0.15) is 84.3 Å². The van der Waals surface area contributed by atoms with Gasteiger partial charge in [-0.2, -0.15) is 12.6 Å². The number of amides is 8. The minimum Gasteiger partial charge on any atom is -0.481 e. The lowest BCUT2D eigenvalue weighted by Crippen LogP contribution is -2.57. The van der Waals surface area contributed by atoms with Crippen LogP contribution < -0.4 is 48.3 Å². The lowest BCUT2D eigenvalue weighted by atomic mass is 9.71. The van der Waals surface area contributed by atoms with E-state index in [9.17, 15) is 62.6 Å². The van der Waals surface area contributed by atoms with Crippen LogP contribution in [-0.4, -0.2) is 158 Å². The van der Waals surface area contributed by atoms with E-state index in [2.05, 4.69) is 63.6 Å². The van der Waals surface area contributed by atoms with Gasteiger partial charge in [-0.3, -0.25) is 38.4 Å². The Hall–Kier alpha value is -7.81. The number of carbonyl (C=O) groups excluding carboxylic acids is 7. The summed E-state index contributed by atoms with van der Waals surface area (Å²) in [6.07, 6.45) is -1.22. The quantitative estimate of drug-likeness (QED) is 0.0347. The monoisotopic (exact) mass is 1080 g/mol. The maximum absolute atomic E-state index is 12.8. The smallest absolute Gasteiger partial charge is 0.327 e. The van der Waals surface area contributed by atoms with Crippen molar-refractivity contribution in [1.82, 2.24) is 42.5 Å². The van der Waals surface area contributed by atoms with E-state index in [1.165, 1.54) is 5.56 Å². The van der Waals surface area contributed by atoms with Crippen LogP contribution in [0.5, 0.6) is 0 Å². The van der Waals surface area contributed by atoms with Crippen molar-refractivity contribution in [2.24, 2.45) is 11.1 Å². The standard InChI is InChI=1S/C28H42N4O9.C13H21N5O8S.C7H8/c1-17(15-18-9-7-6-8-10-18)29-22(34)16-27(2,3)28(4,5)32-21(33)13-11-19(24(37)38)30-26(41)31-20(25(39)40)12-14-23(35)36;14-6(2-16-9(20)3-15-5-19)11(23)17-7(1-10(21)22)12(24)18-8(4-27)13(25)26;1-7-5-3-2-4-6-7/h6-10,17,19-20H,11-16H2,1-5H3,(H,29,34)(H,32,33)(H,35,36)(H,37,38)(H,39,40)(H2,30,31,41);5-8,27H,1-4,14H2,(H,15,19)(H,16,20)(H,17,23)(H,18,24)(H,21,22)(H,25,26);2-6H,1H3/t;6?,7?,8-;/m.0./s1. The average molecular weight is 1080 g/mol. The molecule has 15 N–H and O–H groups in total. The summed E-state index contributed by atoms with van der Waals surface area (Å²) in [4.78, 5) is 138. The van der Waals surface area contributed by atoms with Crippen molar-refractivity contribution in [3.8, 4) is 0 Å². The van der Waals surface area contributed by atoms with Crippen LogP contribution >= 0.6 is 12.6 Å². The molecule has 0 saturated heterocycles. The number of nitrogens with one attached hydrogen (secondary N) is 8. The van der Waals surface area contributed by atoms with Crippen LogP contribution in [0.4, 0.5) is 4.79 Å². The summed E-state index contributed by atoms with van der Waals surface area (Å²) >= 11 is 3.76. The van der Waals surface area contributed by atoms with Gasteiger partial charge in [-0.15, -0.1) is 0 Å². The van der Waals surface area contributed by atoms with Crippen LogP contribution in [0.3, 0.4) is 0 Å². The normalized spacial score (nSPS) is 13.1. The van der Waals surface area contributed by atoms with E-state index >= 15 is 0 Å². The van der Waals surface area contributed by atoms with Crippen LogP contribution in [0.2, 0.25) is 0 Å². The van der Waals surface area contributed by atoms with Crippen LogP contribution in [-0.2, 0) is 59.2 Å². The van der Waals surface area contributed by atoms with Gasteiger partial charge in [-0.1, -0.05) is 80.1 Å². The molecule has 2 rings (SSSR count). The number of nitrogens with two attached hydrogens (primary N) is 1. The van der Waals surface area contributed by atoms with Crippen molar-refractivity contribution in [2.45, 2.75) is 128 Å². The fourth-order valence-corrected chi connectivity index (χ4v) is 6.38. The molecule has 75 heavy (non-hydrogen) atoms. The Balaban J connectivity index is 0.00000137. The Morgan fingerprint density at radius 3 is 1.60 bits per heavy atom. The minimum absolute atomic E-state index is 0.0981. The molecule has 0 aliphatic heterocycles. The maximum Gasteiger partial charge on any atom is 0.327 e. The Kier molecular flexibility index (Phi) is 31.0. The summed E-state index contributed by atoms with van der Waals surface area (Å²) in [5.41, 5.74) is 6.41. The summed E-state index contributed by atoms with van der Waals surface area (Å²) in [5.74, 6) is -10.5. The van der Waals surface area contributed by atoms with Gasteiger partial charge in [0.15, 0.2) is 0 Å². The molecule has 0 saturated carbocycles. The lowest BCUT2D eigenvalue weighted by Gasteiger charge is -2.42. The first kappa shape index (κ1) is 67.2. The molecule has 27 heteroatoms. The third-order valence-corrected chi connectivity index (χ3v) is 11.4. The molecule has 0 aromatic heterocycles. The van der Waals surface area contributed by atoms with Crippen molar-refractivity contribution in [3.05, 3.63) is 71.8 Å². The van der Waals surface area contributed by atoms with Crippen LogP contribution in [0.25, 0.3) is 0 Å². The third-order valence-electron chi connectivity index (χ3n) is 11.0. The van der Waals surface area contributed by atoms with E-state index in [1.807, 2.05) is 79.9 Å². The first-order valence-electron chi connectivity index (χ1n) is 23.2. The first-order valence-corrected chi connectivity index (χ1v) is 23.8. The highest BCUT2D eigenvalue weighted by molar-refractivity contribution is 7.80. The number of hydrogen-bond donors (Lipinski definition) is 15. The molecule has 2 aromatic rings. The summed E-state index contributed by atoms with van der Waals surface area (Å²) in [5, 5.41) is 63.5. The molecule has 416 valence electrons. The summed E-state index contributed by atoms with van der Waals surface area (Å²) < 4.78 is 0. The van der Waals surface area contributed by atoms with Gasteiger partial charge in [-0.05, 0) is 57.9 Å². The Morgan fingerprint density at radius 2 is 1.15 bits per heavy atom. The predicted molar refractivity (Wildman–Crippen MR) is 273 cm³/mol. The lowest BCUT2D eigenvalue weighted by molar-refractivity contribution is -0.143. The highest BCUT2D eigenvalue weighted by Crippen LogP contribution is 2.34. The second kappa shape index (κ2) is 34.6. The van der Waals surface area contributed by atoms with E-state index in [4.69, 9.17) is 26.2 Å². The van der Waals surface area contributed by atoms with Gasteiger partial charge < -0.3 is 73.8 Å². The highest BCUT2D eigenvalue weighted by atomic mass is 32.1. The van der Waals surface area contributed by atoms with E-state index in [0.29, 0.717) is 12.8 Å². The van der Waals surface area contributed by atoms with Gasteiger partial charge in [0.2, 0.25) is 35.9 Å². The van der Waals surface area contributed by atoms with Crippen LogP contribution in [0, 0.1) is 12.3 Å². The van der Waals surface area contributed by atoms with Gasteiger partial charge in [0.05, 0.1) is 13.0 Å². The van der Waals surface area contributed by atoms with Gasteiger partial charge in [0.25, 0.3) is 0 Å². The van der Waals surface area contributed by atoms with Crippen molar-refractivity contribution in [1.29, 1.82) is 0 Å². The molecule has 8 amide bonds. The van der Waals surface area contributed by atoms with Crippen LogP contribution in [0.15, 0.2) is 60.7 Å². The Morgan fingerprint density at radius 1 is 0.640 bits per heavy atom. The highest BCUT2D eigenvalue weighted by Gasteiger charge is 2.40. The van der Waals surface area contributed by atoms with E-state index in [1.54, 1.807) is 13.8 Å². The van der Waals surface area contributed by atoms with E-state index < -0.39 is 120 Å². The average Bonchev–Trinajstić information content (AvgIpc) is 3.31. The van der Waals surface area contributed by atoms with Crippen molar-refractivity contribution < 1.29 is 83.1 Å². The van der Waals surface area contributed by atoms with E-state index in [0.717, 1.165) is 5.56 Å². The van der Waals surface area contributed by atoms with Crippen molar-refractivity contribution in [2.75, 3.05) is 18.8 Å². The van der Waals surface area contributed by atoms with Crippen molar-refractivity contribution in [3.63, 3.8) is 0 Å². The number of thiol groups is 1. The number of carboxylic acid groups (broad SMARTS) is 5. The number of urea groups is 1. The first-order chi connectivity index (χ1) is 34.9. The second-order valence-corrected chi connectivity index (χ2v) is 18.4. The molecule has 2 aromatic carbocycles. The summed E-state index contributed by atoms with van der Waals surface area (Å²) in [7, 11) is 0. The topological polar surface area (TPSA) is 428 Å². The van der Waals surface area contributed by atoms with Gasteiger partial charge in [-0.25, -0.2) is 19.2 Å². The summed E-state index contributed by atoms with van der Waals surface area (Å²) in [6, 6.07) is 11.5. The molecule has 0 heterocycles. The number of aryl methyl sites for hydroxylation is 1. The number of carbonyl (C=O) groups is 12. The Labute approximate surface area is 438 Å².